The first-order chi connectivity index (χ1) is 10.8. The standard InChI is InChI=1S/C16H14ClF2NO3/c1-10-9-11(17)3-8-14(10)23-16(18,19)15(21)20-12-4-6-13(22-2)7-5-12/h3-9H,1-2H3,(H,20,21). The molecule has 0 saturated heterocycles. The van der Waals surface area contributed by atoms with Crippen molar-refractivity contribution in [2.45, 2.75) is 13.0 Å². The fourth-order valence-corrected chi connectivity index (χ4v) is 2.02. The molecule has 0 heterocycles. The van der Waals surface area contributed by atoms with E-state index in [9.17, 15) is 13.6 Å². The van der Waals surface area contributed by atoms with Crippen LogP contribution in [0.5, 0.6) is 11.5 Å². The average molecular weight is 342 g/mol. The summed E-state index contributed by atoms with van der Waals surface area (Å²) in [4.78, 5) is 11.7. The van der Waals surface area contributed by atoms with Gasteiger partial charge in [0.25, 0.3) is 0 Å². The van der Waals surface area contributed by atoms with Crippen LogP contribution in [-0.4, -0.2) is 19.1 Å². The number of halogens is 3. The Bertz CT molecular complexity index is 705. The minimum atomic E-state index is -4.03. The summed E-state index contributed by atoms with van der Waals surface area (Å²) in [6.07, 6.45) is -4.03. The predicted octanol–water partition coefficient (Wildman–Crippen LogP) is 4.27. The molecule has 0 aliphatic rings. The van der Waals surface area contributed by atoms with Crippen molar-refractivity contribution in [1.82, 2.24) is 0 Å². The molecule has 7 heteroatoms. The number of carbonyl (C=O) groups excluding carboxylic acids is 1. The van der Waals surface area contributed by atoms with Gasteiger partial charge in [-0.2, -0.15) is 8.78 Å². The number of methoxy groups -OCH3 is 1. The highest BCUT2D eigenvalue weighted by molar-refractivity contribution is 6.30. The number of hydrogen-bond acceptors (Lipinski definition) is 3. The summed E-state index contributed by atoms with van der Waals surface area (Å²) in [6, 6.07) is 10.1. The first-order valence-electron chi connectivity index (χ1n) is 6.60. The quantitative estimate of drug-likeness (QED) is 0.883. The maximum Gasteiger partial charge on any atom is 0.482 e. The van der Waals surface area contributed by atoms with E-state index in [0.29, 0.717) is 16.3 Å². The summed E-state index contributed by atoms with van der Waals surface area (Å²) < 4.78 is 37.3. The molecule has 2 aromatic carbocycles. The molecule has 0 spiro atoms. The lowest BCUT2D eigenvalue weighted by molar-refractivity contribution is -0.187. The van der Waals surface area contributed by atoms with Crippen LogP contribution in [0.4, 0.5) is 14.5 Å². The van der Waals surface area contributed by atoms with Crippen LogP contribution in [0.25, 0.3) is 0 Å². The van der Waals surface area contributed by atoms with E-state index < -0.39 is 12.0 Å². The summed E-state index contributed by atoms with van der Waals surface area (Å²) in [5, 5.41) is 2.48. The molecular formula is C16H14ClF2NO3. The Morgan fingerprint density at radius 3 is 2.39 bits per heavy atom. The van der Waals surface area contributed by atoms with Gasteiger partial charge in [-0.3, -0.25) is 4.79 Å². The Hall–Kier alpha value is -2.34. The second-order valence-corrected chi connectivity index (χ2v) is 5.15. The van der Waals surface area contributed by atoms with Crippen LogP contribution in [0.15, 0.2) is 42.5 Å². The minimum absolute atomic E-state index is 0.121. The van der Waals surface area contributed by atoms with E-state index in [-0.39, 0.29) is 11.4 Å². The van der Waals surface area contributed by atoms with Crippen molar-refractivity contribution in [3.05, 3.63) is 53.1 Å². The van der Waals surface area contributed by atoms with Gasteiger partial charge in [0.1, 0.15) is 11.5 Å². The maximum absolute atomic E-state index is 13.9. The summed E-state index contributed by atoms with van der Waals surface area (Å²) >= 11 is 5.75. The molecule has 0 unspecified atom stereocenters. The van der Waals surface area contributed by atoms with E-state index in [4.69, 9.17) is 16.3 Å². The van der Waals surface area contributed by atoms with Crippen molar-refractivity contribution in [3.63, 3.8) is 0 Å². The number of nitrogens with one attached hydrogen (secondary N) is 1. The molecule has 23 heavy (non-hydrogen) atoms. The van der Waals surface area contributed by atoms with Gasteiger partial charge in [-0.1, -0.05) is 11.6 Å². The predicted molar refractivity (Wildman–Crippen MR) is 83.4 cm³/mol. The first-order valence-corrected chi connectivity index (χ1v) is 6.98. The number of benzene rings is 2. The van der Waals surface area contributed by atoms with Crippen molar-refractivity contribution < 1.29 is 23.0 Å². The number of anilines is 1. The van der Waals surface area contributed by atoms with Gasteiger partial charge in [-0.25, -0.2) is 0 Å². The molecule has 122 valence electrons. The van der Waals surface area contributed by atoms with Crippen LogP contribution >= 0.6 is 11.6 Å². The monoisotopic (exact) mass is 341 g/mol. The van der Waals surface area contributed by atoms with Crippen LogP contribution in [0.2, 0.25) is 5.02 Å². The second-order valence-electron chi connectivity index (χ2n) is 4.71. The third-order valence-corrected chi connectivity index (χ3v) is 3.22. The Balaban J connectivity index is 2.09. The summed E-state index contributed by atoms with van der Waals surface area (Å²) in [6.45, 7) is 1.55. The van der Waals surface area contributed by atoms with E-state index >= 15 is 0 Å². The van der Waals surface area contributed by atoms with E-state index in [1.54, 1.807) is 6.92 Å². The smallest absolute Gasteiger partial charge is 0.482 e. The Kier molecular flexibility index (Phi) is 5.05. The molecule has 0 bridgehead atoms. The van der Waals surface area contributed by atoms with E-state index in [1.165, 1.54) is 49.6 Å². The molecule has 0 aliphatic carbocycles. The fraction of sp³-hybridized carbons (Fsp3) is 0.188. The van der Waals surface area contributed by atoms with Gasteiger partial charge in [0.15, 0.2) is 0 Å². The van der Waals surface area contributed by atoms with Crippen molar-refractivity contribution in [3.8, 4) is 11.5 Å². The van der Waals surface area contributed by atoms with Crippen LogP contribution in [0.3, 0.4) is 0 Å². The van der Waals surface area contributed by atoms with Gasteiger partial charge in [0.2, 0.25) is 0 Å². The van der Waals surface area contributed by atoms with Crippen molar-refractivity contribution in [1.29, 1.82) is 0 Å². The lowest BCUT2D eigenvalue weighted by Crippen LogP contribution is -2.40. The first kappa shape index (κ1) is 17.0. The molecule has 2 aromatic rings. The normalized spacial score (nSPS) is 11.0. The SMILES string of the molecule is COc1ccc(NC(=O)C(F)(F)Oc2ccc(Cl)cc2C)cc1. The summed E-state index contributed by atoms with van der Waals surface area (Å²) in [5.41, 5.74) is 0.598. The number of aryl methyl sites for hydroxylation is 1. The molecule has 1 N–H and O–H groups in total. The third kappa shape index (κ3) is 4.32. The van der Waals surface area contributed by atoms with Gasteiger partial charge >= 0.3 is 12.0 Å². The second kappa shape index (κ2) is 6.83. The van der Waals surface area contributed by atoms with Crippen molar-refractivity contribution >= 4 is 23.2 Å². The lowest BCUT2D eigenvalue weighted by Gasteiger charge is -2.18. The average Bonchev–Trinajstić information content (AvgIpc) is 2.51. The third-order valence-electron chi connectivity index (χ3n) is 2.99. The van der Waals surface area contributed by atoms with E-state index in [2.05, 4.69) is 10.1 Å². The Morgan fingerprint density at radius 1 is 1.17 bits per heavy atom. The van der Waals surface area contributed by atoms with Crippen LogP contribution < -0.4 is 14.8 Å². The highest BCUT2D eigenvalue weighted by Gasteiger charge is 2.42. The topological polar surface area (TPSA) is 47.6 Å². The Labute approximate surface area is 137 Å². The number of amides is 1. The van der Waals surface area contributed by atoms with Gasteiger partial charge in [-0.05, 0) is 55.0 Å². The molecule has 0 aromatic heterocycles. The summed E-state index contributed by atoms with van der Waals surface area (Å²) in [7, 11) is 1.48. The maximum atomic E-state index is 13.9. The number of alkyl halides is 2. The van der Waals surface area contributed by atoms with Gasteiger partial charge in [-0.15, -0.1) is 0 Å². The highest BCUT2D eigenvalue weighted by Crippen LogP contribution is 2.28. The molecule has 0 saturated carbocycles. The van der Waals surface area contributed by atoms with E-state index in [1.807, 2.05) is 0 Å². The van der Waals surface area contributed by atoms with Gasteiger partial charge < -0.3 is 14.8 Å². The molecule has 1 amide bonds. The van der Waals surface area contributed by atoms with Crippen molar-refractivity contribution in [2.24, 2.45) is 0 Å². The number of carbonyl (C=O) groups is 1. The number of ether oxygens (including phenoxy) is 2. The molecule has 2 rings (SSSR count). The molecule has 4 nitrogen and oxygen atoms in total. The molecule has 0 fully saturated rings. The zero-order valence-electron chi connectivity index (χ0n) is 12.4. The zero-order chi connectivity index (χ0) is 17.0. The highest BCUT2D eigenvalue weighted by atomic mass is 35.5. The van der Waals surface area contributed by atoms with Gasteiger partial charge in [0.05, 0.1) is 7.11 Å². The van der Waals surface area contributed by atoms with Gasteiger partial charge in [0, 0.05) is 10.7 Å². The minimum Gasteiger partial charge on any atom is -0.497 e. The molecular weight excluding hydrogens is 328 g/mol. The van der Waals surface area contributed by atoms with E-state index in [0.717, 1.165) is 0 Å². The van der Waals surface area contributed by atoms with Crippen LogP contribution in [0.1, 0.15) is 5.56 Å². The fourth-order valence-electron chi connectivity index (χ4n) is 1.79. The number of rotatable bonds is 5. The van der Waals surface area contributed by atoms with Crippen molar-refractivity contribution in [2.75, 3.05) is 12.4 Å². The Morgan fingerprint density at radius 2 is 1.83 bits per heavy atom. The summed E-state index contributed by atoms with van der Waals surface area (Å²) in [5.74, 6) is -1.15. The number of hydrogen-bond donors (Lipinski definition) is 1. The molecule has 0 radical (unpaired) electrons. The lowest BCUT2D eigenvalue weighted by atomic mass is 10.2. The van der Waals surface area contributed by atoms with Crippen LogP contribution in [0, 0.1) is 6.92 Å². The molecule has 0 aliphatic heterocycles. The molecule has 0 atom stereocenters. The largest absolute Gasteiger partial charge is 0.497 e. The van der Waals surface area contributed by atoms with Crippen LogP contribution in [-0.2, 0) is 4.79 Å². The zero-order valence-corrected chi connectivity index (χ0v) is 13.2.